The molecule has 1 amide bonds. The summed E-state index contributed by atoms with van der Waals surface area (Å²) >= 11 is 0. The average Bonchev–Trinajstić information content (AvgIpc) is 2.49. The first-order chi connectivity index (χ1) is 10.5. The number of hydrogen-bond acceptors (Lipinski definition) is 3. The Morgan fingerprint density at radius 3 is 2.78 bits per heavy atom. The zero-order chi connectivity index (χ0) is 16.1. The third-order valence-electron chi connectivity index (χ3n) is 3.99. The molecular formula is C16H23ClF2N2O2. The Labute approximate surface area is 141 Å². The first kappa shape index (κ1) is 19.8. The Balaban J connectivity index is 0.00000264. The van der Waals surface area contributed by atoms with E-state index in [1.54, 1.807) is 0 Å². The molecule has 1 aromatic rings. The van der Waals surface area contributed by atoms with E-state index in [1.165, 1.54) is 13.2 Å². The first-order valence-corrected chi connectivity index (χ1v) is 7.49. The van der Waals surface area contributed by atoms with Gasteiger partial charge in [0.2, 0.25) is 5.91 Å². The van der Waals surface area contributed by atoms with E-state index in [2.05, 4.69) is 10.6 Å². The van der Waals surface area contributed by atoms with Gasteiger partial charge in [0.1, 0.15) is 0 Å². The average molecular weight is 349 g/mol. The van der Waals surface area contributed by atoms with Gasteiger partial charge < -0.3 is 15.4 Å². The maximum atomic E-state index is 13.4. The fraction of sp³-hybridized carbons (Fsp3) is 0.562. The molecule has 1 saturated heterocycles. The summed E-state index contributed by atoms with van der Waals surface area (Å²) in [7, 11) is 1.51. The number of nitrogens with one attached hydrogen (secondary N) is 2. The molecule has 4 nitrogen and oxygen atoms in total. The summed E-state index contributed by atoms with van der Waals surface area (Å²) in [5.41, 5.74) is 0.496. The van der Waals surface area contributed by atoms with Crippen LogP contribution in [0.3, 0.4) is 0 Å². The van der Waals surface area contributed by atoms with Crippen molar-refractivity contribution in [3.8, 4) is 0 Å². The Kier molecular flexibility index (Phi) is 7.88. The highest BCUT2D eigenvalue weighted by Gasteiger charge is 2.27. The molecule has 1 aliphatic rings. The van der Waals surface area contributed by atoms with Crippen molar-refractivity contribution < 1.29 is 18.3 Å². The Hall–Kier alpha value is -1.24. The lowest BCUT2D eigenvalue weighted by molar-refractivity contribution is -0.127. The SMILES string of the molecule is COCC(NC(=O)[C@H]1CCN[C@@H](C)C1)c1ccc(F)c(F)c1.Cl. The third kappa shape index (κ3) is 5.41. The summed E-state index contributed by atoms with van der Waals surface area (Å²) in [4.78, 5) is 12.4. The Morgan fingerprint density at radius 1 is 1.43 bits per heavy atom. The quantitative estimate of drug-likeness (QED) is 0.860. The van der Waals surface area contributed by atoms with Crippen molar-refractivity contribution in [1.82, 2.24) is 10.6 Å². The van der Waals surface area contributed by atoms with Crippen molar-refractivity contribution in [3.63, 3.8) is 0 Å². The Morgan fingerprint density at radius 2 is 2.17 bits per heavy atom. The van der Waals surface area contributed by atoms with E-state index >= 15 is 0 Å². The second-order valence-corrected chi connectivity index (χ2v) is 5.77. The minimum Gasteiger partial charge on any atom is -0.382 e. The van der Waals surface area contributed by atoms with Crippen molar-refractivity contribution in [3.05, 3.63) is 35.4 Å². The molecule has 1 fully saturated rings. The van der Waals surface area contributed by atoms with Crippen LogP contribution in [0.1, 0.15) is 31.4 Å². The number of benzene rings is 1. The van der Waals surface area contributed by atoms with Crippen LogP contribution in [0.2, 0.25) is 0 Å². The van der Waals surface area contributed by atoms with E-state index in [9.17, 15) is 13.6 Å². The zero-order valence-electron chi connectivity index (χ0n) is 13.3. The number of carbonyl (C=O) groups is 1. The highest BCUT2D eigenvalue weighted by Crippen LogP contribution is 2.20. The smallest absolute Gasteiger partial charge is 0.223 e. The predicted octanol–water partition coefficient (Wildman–Crippen LogP) is 2.58. The molecule has 130 valence electrons. The normalized spacial score (nSPS) is 22.1. The molecule has 0 aliphatic carbocycles. The molecule has 1 unspecified atom stereocenters. The van der Waals surface area contributed by atoms with Crippen LogP contribution < -0.4 is 10.6 Å². The van der Waals surface area contributed by atoms with Crippen molar-refractivity contribution in [2.24, 2.45) is 5.92 Å². The molecule has 0 spiro atoms. The van der Waals surface area contributed by atoms with Crippen LogP contribution in [0.15, 0.2) is 18.2 Å². The van der Waals surface area contributed by atoms with Gasteiger partial charge in [-0.15, -0.1) is 12.4 Å². The van der Waals surface area contributed by atoms with Gasteiger partial charge in [-0.05, 0) is 44.0 Å². The molecule has 2 rings (SSSR count). The van der Waals surface area contributed by atoms with Crippen LogP contribution in [0, 0.1) is 17.6 Å². The number of methoxy groups -OCH3 is 1. The third-order valence-corrected chi connectivity index (χ3v) is 3.99. The number of carbonyl (C=O) groups excluding carboxylic acids is 1. The molecule has 0 saturated carbocycles. The summed E-state index contributed by atoms with van der Waals surface area (Å²) in [6.45, 7) is 3.05. The molecule has 0 bridgehead atoms. The second kappa shape index (κ2) is 9.15. The number of piperidine rings is 1. The summed E-state index contributed by atoms with van der Waals surface area (Å²) in [6.07, 6.45) is 1.54. The topological polar surface area (TPSA) is 50.4 Å². The van der Waals surface area contributed by atoms with Crippen LogP contribution in [-0.2, 0) is 9.53 Å². The molecule has 0 aromatic heterocycles. The number of amides is 1. The summed E-state index contributed by atoms with van der Waals surface area (Å²) in [5.74, 6) is -1.97. The van der Waals surface area contributed by atoms with Crippen molar-refractivity contribution in [2.45, 2.75) is 31.8 Å². The van der Waals surface area contributed by atoms with E-state index in [1.807, 2.05) is 6.92 Å². The number of halogens is 3. The van der Waals surface area contributed by atoms with E-state index < -0.39 is 17.7 Å². The van der Waals surface area contributed by atoms with Crippen LogP contribution in [0.4, 0.5) is 8.78 Å². The molecule has 1 heterocycles. The highest BCUT2D eigenvalue weighted by atomic mass is 35.5. The maximum absolute atomic E-state index is 13.4. The summed E-state index contributed by atoms with van der Waals surface area (Å²) in [6, 6.07) is 3.44. The Bertz CT molecular complexity index is 531. The largest absolute Gasteiger partial charge is 0.382 e. The lowest BCUT2D eigenvalue weighted by Crippen LogP contribution is -2.43. The molecule has 1 aliphatic heterocycles. The number of rotatable bonds is 5. The van der Waals surface area contributed by atoms with Gasteiger partial charge in [-0.25, -0.2) is 8.78 Å². The first-order valence-electron chi connectivity index (χ1n) is 7.49. The molecule has 2 N–H and O–H groups in total. The van der Waals surface area contributed by atoms with Gasteiger partial charge in [0.15, 0.2) is 11.6 Å². The number of hydrogen-bond donors (Lipinski definition) is 2. The van der Waals surface area contributed by atoms with Gasteiger partial charge in [-0.3, -0.25) is 4.79 Å². The standard InChI is InChI=1S/C16H22F2N2O2.ClH/c1-10-7-12(5-6-19-10)16(21)20-15(9-22-2)11-3-4-13(17)14(18)8-11;/h3-4,8,10,12,15,19H,5-7,9H2,1-2H3,(H,20,21);1H/t10-,12-,15?;/m0./s1. The van der Waals surface area contributed by atoms with Crippen LogP contribution in [0.25, 0.3) is 0 Å². The van der Waals surface area contributed by atoms with Gasteiger partial charge in [0.25, 0.3) is 0 Å². The summed E-state index contributed by atoms with van der Waals surface area (Å²) < 4.78 is 31.5. The number of ether oxygens (including phenoxy) is 1. The maximum Gasteiger partial charge on any atom is 0.223 e. The minimum absolute atomic E-state index is 0. The van der Waals surface area contributed by atoms with Crippen LogP contribution in [0.5, 0.6) is 0 Å². The van der Waals surface area contributed by atoms with Gasteiger partial charge in [-0.1, -0.05) is 6.07 Å². The monoisotopic (exact) mass is 348 g/mol. The van der Waals surface area contributed by atoms with Crippen LogP contribution >= 0.6 is 12.4 Å². The molecule has 23 heavy (non-hydrogen) atoms. The minimum atomic E-state index is -0.927. The van der Waals surface area contributed by atoms with E-state index in [0.717, 1.165) is 31.5 Å². The summed E-state index contributed by atoms with van der Waals surface area (Å²) in [5, 5.41) is 6.19. The molecule has 1 aromatic carbocycles. The van der Waals surface area contributed by atoms with Gasteiger partial charge in [0.05, 0.1) is 12.6 Å². The van der Waals surface area contributed by atoms with Crippen molar-refractivity contribution in [2.75, 3.05) is 20.3 Å². The zero-order valence-corrected chi connectivity index (χ0v) is 14.1. The van der Waals surface area contributed by atoms with Gasteiger partial charge in [-0.2, -0.15) is 0 Å². The van der Waals surface area contributed by atoms with E-state index in [0.29, 0.717) is 11.6 Å². The molecule has 3 atom stereocenters. The molecular weight excluding hydrogens is 326 g/mol. The predicted molar refractivity (Wildman–Crippen MR) is 86.6 cm³/mol. The fourth-order valence-electron chi connectivity index (χ4n) is 2.78. The lowest BCUT2D eigenvalue weighted by Gasteiger charge is -2.29. The van der Waals surface area contributed by atoms with Crippen LogP contribution in [-0.4, -0.2) is 32.2 Å². The van der Waals surface area contributed by atoms with E-state index in [-0.39, 0.29) is 30.8 Å². The molecule has 7 heteroatoms. The fourth-order valence-corrected chi connectivity index (χ4v) is 2.78. The van der Waals surface area contributed by atoms with Crippen molar-refractivity contribution >= 4 is 18.3 Å². The lowest BCUT2D eigenvalue weighted by atomic mass is 9.92. The highest BCUT2D eigenvalue weighted by molar-refractivity contribution is 5.85. The second-order valence-electron chi connectivity index (χ2n) is 5.77. The van der Waals surface area contributed by atoms with E-state index in [4.69, 9.17) is 4.74 Å². The van der Waals surface area contributed by atoms with Gasteiger partial charge in [0, 0.05) is 19.1 Å². The van der Waals surface area contributed by atoms with Crippen molar-refractivity contribution in [1.29, 1.82) is 0 Å². The molecule has 0 radical (unpaired) electrons. The van der Waals surface area contributed by atoms with Gasteiger partial charge >= 0.3 is 0 Å².